The minimum atomic E-state index is 0.177. The minimum Gasteiger partial charge on any atom is -0.361 e. The third-order valence-corrected chi connectivity index (χ3v) is 7.60. The first-order chi connectivity index (χ1) is 18.6. The zero-order valence-corrected chi connectivity index (χ0v) is 23.2. The van der Waals surface area contributed by atoms with Crippen LogP contribution in [0.25, 0.3) is 17.0 Å². The van der Waals surface area contributed by atoms with Crippen molar-refractivity contribution in [3.8, 4) is 0 Å². The highest BCUT2D eigenvalue weighted by Crippen LogP contribution is 2.20. The Morgan fingerprint density at radius 2 is 1.63 bits per heavy atom. The number of carbonyl (C=O) groups is 1. The second-order valence-corrected chi connectivity index (χ2v) is 10.7. The van der Waals surface area contributed by atoms with Crippen LogP contribution < -0.4 is 5.73 Å². The van der Waals surface area contributed by atoms with Crippen molar-refractivity contribution in [2.75, 3.05) is 58.9 Å². The van der Waals surface area contributed by atoms with Crippen molar-refractivity contribution in [1.82, 2.24) is 19.7 Å². The van der Waals surface area contributed by atoms with Gasteiger partial charge in [0.05, 0.1) is 6.54 Å². The summed E-state index contributed by atoms with van der Waals surface area (Å²) in [5.41, 5.74) is 9.13. The normalized spacial score (nSPS) is 15.3. The third-order valence-electron chi connectivity index (χ3n) is 7.37. The molecule has 1 amide bonds. The lowest BCUT2D eigenvalue weighted by molar-refractivity contribution is -0.130. The van der Waals surface area contributed by atoms with Crippen molar-refractivity contribution in [2.24, 2.45) is 5.73 Å². The maximum atomic E-state index is 13.4. The molecular weight excluding hydrogens is 494 g/mol. The van der Waals surface area contributed by atoms with Gasteiger partial charge >= 0.3 is 0 Å². The fraction of sp³-hybridized carbons (Fsp3) is 0.452. The number of nitrogens with zero attached hydrogens (tertiary/aromatic N) is 3. The molecule has 1 aliphatic heterocycles. The number of hydrogen-bond donors (Lipinski definition) is 2. The highest BCUT2D eigenvalue weighted by molar-refractivity contribution is 6.31. The maximum absolute atomic E-state index is 13.4. The zero-order valence-electron chi connectivity index (χ0n) is 22.5. The molecule has 0 aliphatic carbocycles. The summed E-state index contributed by atoms with van der Waals surface area (Å²) >= 11 is 6.66. The van der Waals surface area contributed by atoms with E-state index in [9.17, 15) is 4.79 Å². The van der Waals surface area contributed by atoms with E-state index in [4.69, 9.17) is 17.3 Å². The number of rotatable bonds is 14. The predicted molar refractivity (Wildman–Crippen MR) is 159 cm³/mol. The van der Waals surface area contributed by atoms with Crippen molar-refractivity contribution in [3.63, 3.8) is 0 Å². The van der Waals surface area contributed by atoms with Crippen LogP contribution in [0.4, 0.5) is 0 Å². The molecule has 0 bridgehead atoms. The number of para-hydroxylation sites is 1. The van der Waals surface area contributed by atoms with E-state index >= 15 is 0 Å². The molecule has 6 nitrogen and oxygen atoms in total. The van der Waals surface area contributed by atoms with E-state index < -0.39 is 0 Å². The first kappa shape index (κ1) is 28.4. The quantitative estimate of drug-likeness (QED) is 0.306. The van der Waals surface area contributed by atoms with E-state index in [1.165, 1.54) is 10.9 Å². The van der Waals surface area contributed by atoms with Gasteiger partial charge in [0.15, 0.2) is 0 Å². The van der Waals surface area contributed by atoms with Crippen molar-refractivity contribution in [3.05, 3.63) is 77.0 Å². The van der Waals surface area contributed by atoms with Gasteiger partial charge in [-0.05, 0) is 68.6 Å². The fourth-order valence-corrected chi connectivity index (χ4v) is 5.48. The van der Waals surface area contributed by atoms with Crippen LogP contribution in [0, 0.1) is 0 Å². The monoisotopic (exact) mass is 535 g/mol. The number of aromatic nitrogens is 1. The highest BCUT2D eigenvalue weighted by Gasteiger charge is 2.18. The molecule has 1 aromatic heterocycles. The smallest absolute Gasteiger partial charge is 0.222 e. The first-order valence-electron chi connectivity index (χ1n) is 14.0. The van der Waals surface area contributed by atoms with Crippen LogP contribution in [0.5, 0.6) is 0 Å². The number of carbonyl (C=O) groups excluding carboxylic acids is 1. The number of nitrogens with one attached hydrogen (secondary N) is 1. The molecule has 0 saturated carbocycles. The lowest BCUT2D eigenvalue weighted by Crippen LogP contribution is -2.47. The number of H-pyrrole nitrogens is 1. The van der Waals surface area contributed by atoms with Crippen LogP contribution in [0.1, 0.15) is 36.8 Å². The van der Waals surface area contributed by atoms with Gasteiger partial charge in [-0.2, -0.15) is 0 Å². The molecule has 1 fully saturated rings. The van der Waals surface area contributed by atoms with Gasteiger partial charge in [0, 0.05) is 61.3 Å². The standard InChI is InChI=1S/C31H42ClN5O/c32-28(23-26-9-2-1-3-10-26)25-37(18-8-17-36-21-19-35(20-22-36)16-7-15-33)31(38)14-6-11-27-24-34-30-13-5-4-12-29(27)30/h1-5,9-10,12-13,23-24,34H,6-8,11,14-22,25,33H2/b28-23-. The van der Waals surface area contributed by atoms with Gasteiger partial charge in [0.2, 0.25) is 5.91 Å². The van der Waals surface area contributed by atoms with Crippen LogP contribution in [0.15, 0.2) is 65.8 Å². The molecule has 0 spiro atoms. The summed E-state index contributed by atoms with van der Waals surface area (Å²) in [6, 6.07) is 18.4. The minimum absolute atomic E-state index is 0.177. The van der Waals surface area contributed by atoms with Crippen molar-refractivity contribution in [1.29, 1.82) is 0 Å². The molecule has 2 aromatic carbocycles. The Hall–Kier alpha value is -2.64. The van der Waals surface area contributed by atoms with E-state index in [2.05, 4.69) is 39.2 Å². The molecule has 3 N–H and O–H groups in total. The van der Waals surface area contributed by atoms with Crippen LogP contribution in [-0.2, 0) is 11.2 Å². The van der Waals surface area contributed by atoms with Gasteiger partial charge in [-0.1, -0.05) is 60.1 Å². The number of aromatic amines is 1. The van der Waals surface area contributed by atoms with Gasteiger partial charge in [-0.25, -0.2) is 0 Å². The number of hydrogen-bond acceptors (Lipinski definition) is 4. The molecule has 1 saturated heterocycles. The topological polar surface area (TPSA) is 68.6 Å². The average Bonchev–Trinajstić information content (AvgIpc) is 3.35. The Balaban J connectivity index is 1.30. The van der Waals surface area contributed by atoms with Gasteiger partial charge < -0.3 is 25.4 Å². The van der Waals surface area contributed by atoms with E-state index in [1.54, 1.807) is 0 Å². The number of aryl methyl sites for hydroxylation is 1. The summed E-state index contributed by atoms with van der Waals surface area (Å²) in [6.45, 7) is 8.39. The van der Waals surface area contributed by atoms with E-state index in [0.29, 0.717) is 18.0 Å². The van der Waals surface area contributed by atoms with Crippen LogP contribution in [0.3, 0.4) is 0 Å². The molecule has 0 atom stereocenters. The average molecular weight is 536 g/mol. The Morgan fingerprint density at radius 3 is 2.37 bits per heavy atom. The fourth-order valence-electron chi connectivity index (χ4n) is 5.21. The molecule has 3 aromatic rings. The van der Waals surface area contributed by atoms with Crippen molar-refractivity contribution >= 4 is 34.5 Å². The number of amides is 1. The van der Waals surface area contributed by atoms with Crippen LogP contribution in [-0.4, -0.2) is 84.5 Å². The van der Waals surface area contributed by atoms with E-state index in [0.717, 1.165) is 89.1 Å². The molecule has 38 heavy (non-hydrogen) atoms. The number of piperazine rings is 1. The first-order valence-corrected chi connectivity index (χ1v) is 14.4. The lowest BCUT2D eigenvalue weighted by atomic mass is 10.1. The molecule has 0 unspecified atom stereocenters. The summed E-state index contributed by atoms with van der Waals surface area (Å²) < 4.78 is 0. The number of nitrogens with two attached hydrogens (primary N) is 1. The van der Waals surface area contributed by atoms with Crippen molar-refractivity contribution < 1.29 is 4.79 Å². The molecule has 4 rings (SSSR count). The molecule has 7 heteroatoms. The molecule has 1 aliphatic rings. The number of halogens is 1. The van der Waals surface area contributed by atoms with Crippen LogP contribution >= 0.6 is 11.6 Å². The number of fused-ring (bicyclic) bond motifs is 1. The van der Waals surface area contributed by atoms with Gasteiger partial charge in [0.25, 0.3) is 0 Å². The summed E-state index contributed by atoms with van der Waals surface area (Å²) in [4.78, 5) is 23.7. The van der Waals surface area contributed by atoms with E-state index in [1.807, 2.05) is 47.4 Å². The Bertz CT molecular complexity index is 1150. The highest BCUT2D eigenvalue weighted by atomic mass is 35.5. The van der Waals surface area contributed by atoms with Gasteiger partial charge in [-0.15, -0.1) is 0 Å². The number of benzene rings is 2. The molecule has 204 valence electrons. The Kier molecular flexibility index (Phi) is 11.3. The second-order valence-electron chi connectivity index (χ2n) is 10.2. The zero-order chi connectivity index (χ0) is 26.6. The Morgan fingerprint density at radius 1 is 0.947 bits per heavy atom. The summed E-state index contributed by atoms with van der Waals surface area (Å²) in [5.74, 6) is 0.177. The van der Waals surface area contributed by atoms with Gasteiger partial charge in [0.1, 0.15) is 0 Å². The van der Waals surface area contributed by atoms with Gasteiger partial charge in [-0.3, -0.25) is 4.79 Å². The summed E-state index contributed by atoms with van der Waals surface area (Å²) in [5, 5.41) is 1.93. The van der Waals surface area contributed by atoms with Crippen molar-refractivity contribution in [2.45, 2.75) is 32.1 Å². The maximum Gasteiger partial charge on any atom is 0.222 e. The predicted octanol–water partition coefficient (Wildman–Crippen LogP) is 4.96. The summed E-state index contributed by atoms with van der Waals surface area (Å²) in [7, 11) is 0. The lowest BCUT2D eigenvalue weighted by Gasteiger charge is -2.35. The Labute approximate surface area is 232 Å². The summed E-state index contributed by atoms with van der Waals surface area (Å²) in [6.07, 6.45) is 8.28. The molecule has 0 radical (unpaired) electrons. The molecule has 2 heterocycles. The van der Waals surface area contributed by atoms with Crippen LogP contribution in [0.2, 0.25) is 0 Å². The third kappa shape index (κ3) is 8.70. The SMILES string of the molecule is NCCCN1CCN(CCCN(C/C(Cl)=C/c2ccccc2)C(=O)CCCc2c[nH]c3ccccc23)CC1. The largest absolute Gasteiger partial charge is 0.361 e. The molecular formula is C31H42ClN5O. The second kappa shape index (κ2) is 15.1. The van der Waals surface area contributed by atoms with E-state index in [-0.39, 0.29) is 5.91 Å².